The predicted molar refractivity (Wildman–Crippen MR) is 138 cm³/mol. The molecule has 4 nitrogen and oxygen atoms in total. The van der Waals surface area contributed by atoms with Crippen LogP contribution in [0.15, 0.2) is 66.7 Å². The summed E-state index contributed by atoms with van der Waals surface area (Å²) in [6.07, 6.45) is 0. The van der Waals surface area contributed by atoms with Crippen LogP contribution in [0, 0.1) is 29.3 Å². The van der Waals surface area contributed by atoms with E-state index in [1.807, 2.05) is 23.1 Å². The maximum Gasteiger partial charge on any atom is 0.253 e. The van der Waals surface area contributed by atoms with Crippen molar-refractivity contribution in [2.45, 2.75) is 26.3 Å². The van der Waals surface area contributed by atoms with Crippen molar-refractivity contribution in [3.63, 3.8) is 0 Å². The van der Waals surface area contributed by atoms with Crippen molar-refractivity contribution < 1.29 is 22.7 Å². The van der Waals surface area contributed by atoms with Crippen LogP contribution in [-0.4, -0.2) is 49.0 Å². The summed E-state index contributed by atoms with van der Waals surface area (Å²) in [5.41, 5.74) is 2.26. The first-order valence-electron chi connectivity index (χ1n) is 12.6. The Morgan fingerprint density at radius 3 is 2.43 bits per heavy atom. The van der Waals surface area contributed by atoms with E-state index < -0.39 is 11.6 Å². The number of rotatable bonds is 9. The first-order valence-corrected chi connectivity index (χ1v) is 12.6. The van der Waals surface area contributed by atoms with Crippen LogP contribution in [-0.2, 0) is 6.54 Å². The summed E-state index contributed by atoms with van der Waals surface area (Å²) in [7, 11) is 1.63. The molecule has 0 N–H and O–H groups in total. The van der Waals surface area contributed by atoms with Gasteiger partial charge in [0.2, 0.25) is 0 Å². The summed E-state index contributed by atoms with van der Waals surface area (Å²) in [4.78, 5) is 17.5. The van der Waals surface area contributed by atoms with Crippen molar-refractivity contribution in [1.29, 1.82) is 0 Å². The number of carbonyl (C=O) groups is 1. The summed E-state index contributed by atoms with van der Waals surface area (Å²) in [6, 6.07) is 17.6. The molecule has 0 saturated carbocycles. The maximum absolute atomic E-state index is 13.8. The highest BCUT2D eigenvalue weighted by Crippen LogP contribution is 2.36. The molecule has 7 heteroatoms. The Hall–Kier alpha value is -3.32. The molecule has 4 rings (SSSR count). The maximum atomic E-state index is 13.8. The van der Waals surface area contributed by atoms with E-state index in [1.165, 1.54) is 30.3 Å². The third-order valence-corrected chi connectivity index (χ3v) is 6.85. The van der Waals surface area contributed by atoms with Gasteiger partial charge in [0.25, 0.3) is 5.91 Å². The number of nitrogens with zero attached hydrogens (tertiary/aromatic N) is 2. The molecule has 3 aromatic carbocycles. The average Bonchev–Trinajstić information content (AvgIpc) is 3.27. The van der Waals surface area contributed by atoms with Crippen LogP contribution in [0.25, 0.3) is 0 Å². The Morgan fingerprint density at radius 1 is 1.00 bits per heavy atom. The van der Waals surface area contributed by atoms with E-state index in [-0.39, 0.29) is 29.5 Å². The Morgan fingerprint density at radius 2 is 1.76 bits per heavy atom. The van der Waals surface area contributed by atoms with Gasteiger partial charge in [-0.05, 0) is 71.5 Å². The zero-order valence-electron chi connectivity index (χ0n) is 21.5. The average molecular weight is 511 g/mol. The summed E-state index contributed by atoms with van der Waals surface area (Å²) in [5.74, 6) is -1.01. The van der Waals surface area contributed by atoms with E-state index in [0.29, 0.717) is 43.9 Å². The molecule has 0 bridgehead atoms. The Kier molecular flexibility index (Phi) is 8.54. The van der Waals surface area contributed by atoms with Gasteiger partial charge < -0.3 is 9.64 Å². The molecule has 3 aromatic rings. The van der Waals surface area contributed by atoms with E-state index in [2.05, 4.69) is 24.8 Å². The highest BCUT2D eigenvalue weighted by molar-refractivity contribution is 5.94. The molecule has 0 radical (unpaired) electrons. The fourth-order valence-corrected chi connectivity index (χ4v) is 5.16. The van der Waals surface area contributed by atoms with E-state index in [0.717, 1.165) is 17.4 Å². The molecule has 0 aliphatic carbocycles. The number of methoxy groups -OCH3 is 1. The lowest BCUT2D eigenvalue weighted by molar-refractivity contribution is 0.0703. The molecule has 196 valence electrons. The molecular formula is C30H33F3N2O2. The number of halogens is 3. The first kappa shape index (κ1) is 26.7. The van der Waals surface area contributed by atoms with Crippen molar-refractivity contribution in [3.05, 3.63) is 101 Å². The standard InChI is InChI=1S/C30H33F3N2O2/c1-20(2)15-35(30(36)22-8-10-25(31)11-9-22)18-24-17-34(16-21-7-12-28(32)29(33)13-21)19-27(24)23-5-4-6-26(14-23)37-3/h4-14,20,24,27H,15-19H2,1-3H3/t24-,27-/m0/s1. The van der Waals surface area contributed by atoms with Crippen LogP contribution in [0.4, 0.5) is 13.2 Å². The smallest absolute Gasteiger partial charge is 0.253 e. The number of ether oxygens (including phenoxy) is 1. The molecule has 1 heterocycles. The lowest BCUT2D eigenvalue weighted by Crippen LogP contribution is -2.39. The SMILES string of the molecule is COc1cccc([C@@H]2CN(Cc3ccc(F)c(F)c3)C[C@H]2CN(CC(C)C)C(=O)c2ccc(F)cc2)c1. The van der Waals surface area contributed by atoms with Gasteiger partial charge in [0.05, 0.1) is 7.11 Å². The van der Waals surface area contributed by atoms with Crippen molar-refractivity contribution in [2.75, 3.05) is 33.3 Å². The third kappa shape index (κ3) is 6.72. The summed E-state index contributed by atoms with van der Waals surface area (Å²) in [5, 5.41) is 0. The lowest BCUT2D eigenvalue weighted by atomic mass is 9.88. The normalized spacial score (nSPS) is 17.8. The number of amides is 1. The van der Waals surface area contributed by atoms with Crippen molar-refractivity contribution >= 4 is 5.91 Å². The van der Waals surface area contributed by atoms with Crippen LogP contribution in [0.1, 0.15) is 41.3 Å². The summed E-state index contributed by atoms with van der Waals surface area (Å²) in [6.45, 7) is 7.09. The number of carbonyl (C=O) groups excluding carboxylic acids is 1. The van der Waals surface area contributed by atoms with Crippen LogP contribution in [0.3, 0.4) is 0 Å². The number of likely N-dealkylation sites (tertiary alicyclic amines) is 1. The van der Waals surface area contributed by atoms with Gasteiger partial charge in [0, 0.05) is 44.2 Å². The molecule has 2 atom stereocenters. The molecular weight excluding hydrogens is 477 g/mol. The van der Waals surface area contributed by atoms with Gasteiger partial charge in [-0.25, -0.2) is 13.2 Å². The van der Waals surface area contributed by atoms with Crippen molar-refractivity contribution in [2.24, 2.45) is 11.8 Å². The van der Waals surface area contributed by atoms with Crippen LogP contribution in [0.5, 0.6) is 5.75 Å². The Labute approximate surface area is 216 Å². The van der Waals surface area contributed by atoms with Crippen molar-refractivity contribution in [1.82, 2.24) is 9.80 Å². The molecule has 1 amide bonds. The first-order chi connectivity index (χ1) is 17.7. The Bertz CT molecular complexity index is 1220. The molecule has 1 aliphatic rings. The van der Waals surface area contributed by atoms with Gasteiger partial charge in [0.1, 0.15) is 11.6 Å². The zero-order valence-corrected chi connectivity index (χ0v) is 21.5. The monoisotopic (exact) mass is 510 g/mol. The van der Waals surface area contributed by atoms with Gasteiger partial charge in [-0.2, -0.15) is 0 Å². The molecule has 37 heavy (non-hydrogen) atoms. The highest BCUT2D eigenvalue weighted by Gasteiger charge is 2.36. The zero-order chi connectivity index (χ0) is 26.5. The van der Waals surface area contributed by atoms with Crippen LogP contribution < -0.4 is 4.74 Å². The van der Waals surface area contributed by atoms with E-state index in [9.17, 15) is 18.0 Å². The fourth-order valence-electron chi connectivity index (χ4n) is 5.16. The second kappa shape index (κ2) is 11.8. The van der Waals surface area contributed by atoms with Gasteiger partial charge in [0.15, 0.2) is 11.6 Å². The second-order valence-electron chi connectivity index (χ2n) is 10.2. The van der Waals surface area contributed by atoms with E-state index in [1.54, 1.807) is 13.2 Å². The topological polar surface area (TPSA) is 32.8 Å². The lowest BCUT2D eigenvalue weighted by Gasteiger charge is -2.30. The second-order valence-corrected chi connectivity index (χ2v) is 10.2. The number of hydrogen-bond acceptors (Lipinski definition) is 3. The summed E-state index contributed by atoms with van der Waals surface area (Å²) >= 11 is 0. The molecule has 0 aromatic heterocycles. The van der Waals surface area contributed by atoms with Gasteiger partial charge in [-0.3, -0.25) is 9.69 Å². The molecule has 1 fully saturated rings. The van der Waals surface area contributed by atoms with Crippen LogP contribution >= 0.6 is 0 Å². The Balaban J connectivity index is 1.60. The van der Waals surface area contributed by atoms with E-state index in [4.69, 9.17) is 4.74 Å². The molecule has 1 aliphatic heterocycles. The molecule has 0 unspecified atom stereocenters. The minimum absolute atomic E-state index is 0.0977. The van der Waals surface area contributed by atoms with E-state index >= 15 is 0 Å². The highest BCUT2D eigenvalue weighted by atomic mass is 19.2. The largest absolute Gasteiger partial charge is 0.497 e. The van der Waals surface area contributed by atoms with Crippen LogP contribution in [0.2, 0.25) is 0 Å². The molecule has 1 saturated heterocycles. The predicted octanol–water partition coefficient (Wildman–Crippen LogP) is 6.13. The fraction of sp³-hybridized carbons (Fsp3) is 0.367. The number of benzene rings is 3. The minimum Gasteiger partial charge on any atom is -0.497 e. The van der Waals surface area contributed by atoms with Gasteiger partial charge >= 0.3 is 0 Å². The third-order valence-electron chi connectivity index (χ3n) is 6.85. The van der Waals surface area contributed by atoms with Crippen molar-refractivity contribution in [3.8, 4) is 5.75 Å². The minimum atomic E-state index is -0.860. The summed E-state index contributed by atoms with van der Waals surface area (Å²) < 4.78 is 46.2. The molecule has 0 spiro atoms. The van der Waals surface area contributed by atoms with Gasteiger partial charge in [-0.15, -0.1) is 0 Å². The van der Waals surface area contributed by atoms with Gasteiger partial charge in [-0.1, -0.05) is 32.0 Å². The number of hydrogen-bond donors (Lipinski definition) is 0. The quantitative estimate of drug-likeness (QED) is 0.347.